The Morgan fingerprint density at radius 2 is 1.95 bits per heavy atom. The molecular weight excluding hydrogens is 491 g/mol. The molecule has 37 heavy (non-hydrogen) atoms. The first kappa shape index (κ1) is 24.1. The zero-order chi connectivity index (χ0) is 25.7. The van der Waals surface area contributed by atoms with Crippen LogP contribution in [0.4, 0.5) is 10.1 Å². The lowest BCUT2D eigenvalue weighted by atomic mass is 9.91. The average Bonchev–Trinajstić information content (AvgIpc) is 3.64. The molecular formula is C29H28ClFN4O2. The van der Waals surface area contributed by atoms with Crippen molar-refractivity contribution < 1.29 is 13.9 Å². The first-order chi connectivity index (χ1) is 17.9. The molecule has 0 amide bonds. The predicted molar refractivity (Wildman–Crippen MR) is 145 cm³/mol. The van der Waals surface area contributed by atoms with Crippen molar-refractivity contribution in [2.24, 2.45) is 4.99 Å². The highest BCUT2D eigenvalue weighted by Crippen LogP contribution is 2.47. The fraction of sp³-hybridized carbons (Fsp3) is 0.345. The Hall–Kier alpha value is -3.29. The molecule has 6 nitrogen and oxygen atoms in total. The van der Waals surface area contributed by atoms with Crippen LogP contribution in [0.5, 0.6) is 0 Å². The minimum absolute atomic E-state index is 0.174. The zero-order valence-corrected chi connectivity index (χ0v) is 21.6. The molecule has 1 aromatic heterocycles. The molecule has 0 spiro atoms. The third-order valence-electron chi connectivity index (χ3n) is 7.12. The number of benzene rings is 3. The summed E-state index contributed by atoms with van der Waals surface area (Å²) in [7, 11) is 3.77. The van der Waals surface area contributed by atoms with Gasteiger partial charge in [0.25, 0.3) is 0 Å². The van der Waals surface area contributed by atoms with Crippen molar-refractivity contribution in [3.05, 3.63) is 70.1 Å². The van der Waals surface area contributed by atoms with Gasteiger partial charge in [-0.1, -0.05) is 17.7 Å². The van der Waals surface area contributed by atoms with Crippen molar-refractivity contribution in [1.29, 1.82) is 0 Å². The van der Waals surface area contributed by atoms with Gasteiger partial charge in [-0.3, -0.25) is 4.79 Å². The lowest BCUT2D eigenvalue weighted by Gasteiger charge is -2.22. The summed E-state index contributed by atoms with van der Waals surface area (Å²) in [4.78, 5) is 20.8. The van der Waals surface area contributed by atoms with Crippen LogP contribution in [-0.4, -0.2) is 47.5 Å². The van der Waals surface area contributed by atoms with E-state index in [1.165, 1.54) is 6.07 Å². The summed E-state index contributed by atoms with van der Waals surface area (Å²) in [6.07, 6.45) is 8.16. The second-order valence-corrected chi connectivity index (χ2v) is 10.6. The Labute approximate surface area is 219 Å². The molecule has 190 valence electrons. The number of carbonyl (C=O) groups is 1. The van der Waals surface area contributed by atoms with Crippen LogP contribution in [0.15, 0.2) is 47.6 Å². The number of halogens is 2. The third-order valence-corrected chi connectivity index (χ3v) is 7.36. The molecule has 6 rings (SSSR count). The van der Waals surface area contributed by atoms with Gasteiger partial charge in [-0.25, -0.2) is 14.1 Å². The molecule has 1 aliphatic heterocycles. The molecule has 8 heteroatoms. The van der Waals surface area contributed by atoms with E-state index in [1.54, 1.807) is 23.3 Å². The third kappa shape index (κ3) is 4.51. The number of ether oxygens (including phenoxy) is 1. The number of ketones is 1. The van der Waals surface area contributed by atoms with Crippen LogP contribution < -0.4 is 0 Å². The lowest BCUT2D eigenvalue weighted by molar-refractivity contribution is -0.0391. The van der Waals surface area contributed by atoms with Crippen molar-refractivity contribution in [3.8, 4) is 0 Å². The van der Waals surface area contributed by atoms with Gasteiger partial charge in [0.15, 0.2) is 11.6 Å². The Balaban J connectivity index is 1.54. The Bertz CT molecular complexity index is 1550. The number of fused-ring (bicyclic) bond motifs is 2. The van der Waals surface area contributed by atoms with Crippen molar-refractivity contribution in [2.45, 2.75) is 44.2 Å². The Morgan fingerprint density at radius 1 is 1.11 bits per heavy atom. The first-order valence-corrected chi connectivity index (χ1v) is 13.1. The van der Waals surface area contributed by atoms with Crippen LogP contribution >= 0.6 is 11.6 Å². The Morgan fingerprint density at radius 3 is 2.68 bits per heavy atom. The maximum Gasteiger partial charge on any atom is 0.195 e. The van der Waals surface area contributed by atoms with Crippen LogP contribution in [-0.2, 0) is 4.74 Å². The molecule has 3 aromatic carbocycles. The van der Waals surface area contributed by atoms with E-state index in [-0.39, 0.29) is 17.5 Å². The quantitative estimate of drug-likeness (QED) is 0.156. The van der Waals surface area contributed by atoms with E-state index in [2.05, 4.69) is 5.10 Å². The van der Waals surface area contributed by atoms with Crippen molar-refractivity contribution in [3.63, 3.8) is 0 Å². The van der Waals surface area contributed by atoms with Crippen LogP contribution in [0.25, 0.3) is 21.7 Å². The number of hydrogen-bond donors (Lipinski definition) is 0. The minimum Gasteiger partial charge on any atom is -0.369 e. The maximum atomic E-state index is 14.9. The second-order valence-electron chi connectivity index (χ2n) is 10.2. The lowest BCUT2D eigenvalue weighted by Crippen LogP contribution is -2.18. The average molecular weight is 519 g/mol. The topological polar surface area (TPSA) is 59.7 Å². The molecule has 1 unspecified atom stereocenters. The van der Waals surface area contributed by atoms with Gasteiger partial charge in [-0.05, 0) is 79.3 Å². The second kappa shape index (κ2) is 9.54. The summed E-state index contributed by atoms with van der Waals surface area (Å²) in [6.45, 7) is 0.646. The number of rotatable bonds is 6. The van der Waals surface area contributed by atoms with Crippen LogP contribution in [0.1, 0.15) is 65.7 Å². The van der Waals surface area contributed by atoms with Crippen molar-refractivity contribution in [1.82, 2.24) is 14.7 Å². The molecule has 1 saturated heterocycles. The highest BCUT2D eigenvalue weighted by atomic mass is 35.5. The predicted octanol–water partition coefficient (Wildman–Crippen LogP) is 7.01. The summed E-state index contributed by atoms with van der Waals surface area (Å²) in [5, 5.41) is 7.50. The van der Waals surface area contributed by atoms with Gasteiger partial charge in [-0.15, -0.1) is 0 Å². The van der Waals surface area contributed by atoms with Crippen molar-refractivity contribution >= 4 is 51.1 Å². The standard InChI is InChI=1S/C29H28ClFN4O2/c1-34(2)16-32-27-19-9-8-18(30)13-22(19)21(17-6-7-17)14-23(27)29(36)20-10-11-25(31)28-24(20)15-35(33-28)26-5-3-4-12-37-26/h8-11,13-17,26H,3-7,12H2,1-2H3. The fourth-order valence-electron chi connectivity index (χ4n) is 5.14. The molecule has 1 aliphatic carbocycles. The minimum atomic E-state index is -0.459. The summed E-state index contributed by atoms with van der Waals surface area (Å²) in [5.74, 6) is -0.281. The van der Waals surface area contributed by atoms with E-state index in [4.69, 9.17) is 21.3 Å². The normalized spacial score (nSPS) is 18.2. The molecule has 1 atom stereocenters. The van der Waals surface area contributed by atoms with Gasteiger partial charge in [0.2, 0.25) is 0 Å². The van der Waals surface area contributed by atoms with Gasteiger partial charge in [-0.2, -0.15) is 5.10 Å². The number of carbonyl (C=O) groups excluding carboxylic acids is 1. The van der Waals surface area contributed by atoms with E-state index in [0.717, 1.165) is 48.4 Å². The zero-order valence-electron chi connectivity index (χ0n) is 20.9. The van der Waals surface area contributed by atoms with E-state index in [9.17, 15) is 9.18 Å². The smallest absolute Gasteiger partial charge is 0.195 e. The van der Waals surface area contributed by atoms with Crippen LogP contribution in [0, 0.1) is 5.82 Å². The molecule has 4 aromatic rings. The van der Waals surface area contributed by atoms with E-state index >= 15 is 0 Å². The van der Waals surface area contributed by atoms with Crippen LogP contribution in [0.2, 0.25) is 5.02 Å². The summed E-state index contributed by atoms with van der Waals surface area (Å²) in [5.41, 5.74) is 2.75. The molecule has 2 heterocycles. The largest absolute Gasteiger partial charge is 0.369 e. The number of aromatic nitrogens is 2. The van der Waals surface area contributed by atoms with Crippen molar-refractivity contribution in [2.75, 3.05) is 20.7 Å². The first-order valence-electron chi connectivity index (χ1n) is 12.7. The van der Waals surface area contributed by atoms with Gasteiger partial charge >= 0.3 is 0 Å². The summed E-state index contributed by atoms with van der Waals surface area (Å²) >= 11 is 6.37. The van der Waals surface area contributed by atoms with E-state index in [0.29, 0.717) is 39.7 Å². The molecule has 0 radical (unpaired) electrons. The highest BCUT2D eigenvalue weighted by Gasteiger charge is 2.30. The highest BCUT2D eigenvalue weighted by molar-refractivity contribution is 6.31. The number of aliphatic imine (C=N–C) groups is 1. The molecule has 1 saturated carbocycles. The summed E-state index contributed by atoms with van der Waals surface area (Å²) < 4.78 is 22.4. The summed E-state index contributed by atoms with van der Waals surface area (Å²) in [6, 6.07) is 10.5. The number of hydrogen-bond acceptors (Lipinski definition) is 4. The van der Waals surface area contributed by atoms with Crippen LogP contribution in [0.3, 0.4) is 0 Å². The van der Waals surface area contributed by atoms with E-state index < -0.39 is 5.82 Å². The Kier molecular flexibility index (Phi) is 6.21. The number of nitrogens with zero attached hydrogens (tertiary/aromatic N) is 4. The molecule has 2 fully saturated rings. The SMILES string of the molecule is CN(C)C=Nc1c(C(=O)c2ccc(F)c3nn(C4CCCCO4)cc23)cc(C2CC2)c2cc(Cl)ccc12. The molecule has 0 N–H and O–H groups in total. The molecule has 2 aliphatic rings. The van der Waals surface area contributed by atoms with Gasteiger partial charge in [0.1, 0.15) is 11.7 Å². The molecule has 0 bridgehead atoms. The van der Waals surface area contributed by atoms with Gasteiger partial charge < -0.3 is 9.64 Å². The van der Waals surface area contributed by atoms with Gasteiger partial charge in [0.05, 0.1) is 12.0 Å². The van der Waals surface area contributed by atoms with Gasteiger partial charge in [0, 0.05) is 53.8 Å². The maximum absolute atomic E-state index is 14.9. The monoisotopic (exact) mass is 518 g/mol. The van der Waals surface area contributed by atoms with E-state index in [1.807, 2.05) is 43.3 Å². The fourth-order valence-corrected chi connectivity index (χ4v) is 5.31.